The van der Waals surface area contributed by atoms with E-state index in [4.69, 9.17) is 36.5 Å². The molecule has 20 nitrogen and oxygen atoms in total. The van der Waals surface area contributed by atoms with Gasteiger partial charge < -0.3 is 41.5 Å². The average molecular weight is 1100 g/mol. The zero-order valence-corrected chi connectivity index (χ0v) is 41.5. The third kappa shape index (κ3) is 21.0. The Balaban J connectivity index is 0.000000261. The van der Waals surface area contributed by atoms with Gasteiger partial charge >= 0.3 is 36.0 Å². The fraction of sp³-hybridized carbons (Fsp3) is 0.241. The van der Waals surface area contributed by atoms with Gasteiger partial charge in [-0.05, 0) is 101 Å². The molecule has 0 radical (unpaired) electrons. The Kier molecular flexibility index (Phi) is 24.6. The summed E-state index contributed by atoms with van der Waals surface area (Å²) in [5.74, 6) is -10.9. The van der Waals surface area contributed by atoms with E-state index in [-0.39, 0.29) is 42.8 Å². The van der Waals surface area contributed by atoms with E-state index in [1.165, 1.54) is 36.4 Å². The minimum atomic E-state index is -4.50. The number of hydrogen-bond donors (Lipinski definition) is 7. The van der Waals surface area contributed by atoms with Crippen molar-refractivity contribution >= 4 is 86.2 Å². The molecule has 1 aliphatic heterocycles. The second kappa shape index (κ2) is 30.6. The van der Waals surface area contributed by atoms with Gasteiger partial charge in [0.2, 0.25) is 17.7 Å². The molecule has 3 amide bonds. The molecule has 1 fully saturated rings. The van der Waals surface area contributed by atoms with Crippen molar-refractivity contribution in [1.82, 2.24) is 0 Å². The molecule has 1 heterocycles. The maximum Gasteiger partial charge on any atom is 0.416 e. The number of nitrogens with zero attached hydrogens (tertiary/aromatic N) is 3. The second-order valence-electron chi connectivity index (χ2n) is 16.9. The zero-order valence-electron chi connectivity index (χ0n) is 41.5. The second-order valence-corrected chi connectivity index (χ2v) is 16.9. The van der Waals surface area contributed by atoms with Gasteiger partial charge in [-0.25, -0.2) is 23.2 Å². The number of fused-ring (bicyclic) bond motifs is 2. The molecular formula is C54H50F5N5O15. The minimum absolute atomic E-state index is 0.0728. The summed E-state index contributed by atoms with van der Waals surface area (Å²) in [5, 5.41) is 68.2. The number of hydrogen-bond acceptors (Lipinski definition) is 11. The van der Waals surface area contributed by atoms with Gasteiger partial charge in [0.1, 0.15) is 12.0 Å². The number of aliphatic carboxylic acids is 2. The van der Waals surface area contributed by atoms with Crippen LogP contribution in [0, 0.1) is 39.0 Å². The van der Waals surface area contributed by atoms with Gasteiger partial charge in [-0.2, -0.15) is 18.4 Å². The predicted molar refractivity (Wildman–Crippen MR) is 274 cm³/mol. The number of anilines is 2. The number of benzene rings is 6. The molecule has 1 unspecified atom stereocenters. The van der Waals surface area contributed by atoms with E-state index in [0.717, 1.165) is 77.1 Å². The van der Waals surface area contributed by atoms with Crippen LogP contribution in [0.5, 0.6) is 0 Å². The number of aromatic carboxylic acids is 3. The molecule has 6 aromatic carbocycles. The molecule has 7 rings (SSSR count). The van der Waals surface area contributed by atoms with Gasteiger partial charge in [0.15, 0.2) is 11.6 Å². The molecule has 0 saturated carbocycles. The SMILES string of the molecule is N#CCCCCCCCCC(=O)O.NC(=O)CC(=O)Nc1ccc(C(=O)O)cc1.O=C(O)C1CC(=O)N(c2cccc(C(F)(F)F)c2)C1.O=C(O)c1cc(F)c(F)cc1[N+](=O)[O-].O=C(O)c1cccc2cc3ccccc3cc12. The monoisotopic (exact) mass is 1100 g/mol. The molecule has 1 atom stereocenters. The van der Waals surface area contributed by atoms with Gasteiger partial charge in [-0.1, -0.05) is 68.1 Å². The number of nitro groups is 1. The number of unbranched alkanes of at least 4 members (excludes halogenated alkanes) is 6. The summed E-state index contributed by atoms with van der Waals surface area (Å²) in [6.45, 7) is -0.102. The molecule has 0 bridgehead atoms. The van der Waals surface area contributed by atoms with Crippen molar-refractivity contribution in [1.29, 1.82) is 5.26 Å². The fourth-order valence-electron chi connectivity index (χ4n) is 7.23. The summed E-state index contributed by atoms with van der Waals surface area (Å²) in [6.07, 6.45) is 1.94. The topological polar surface area (TPSA) is 346 Å². The smallest absolute Gasteiger partial charge is 0.416 e. The van der Waals surface area contributed by atoms with Gasteiger partial charge in [-0.15, -0.1) is 0 Å². The third-order valence-electron chi connectivity index (χ3n) is 11.1. The van der Waals surface area contributed by atoms with Crippen LogP contribution in [0.15, 0.2) is 115 Å². The molecular weight excluding hydrogens is 1050 g/mol. The Hall–Kier alpha value is -9.86. The molecule has 1 saturated heterocycles. The summed E-state index contributed by atoms with van der Waals surface area (Å²) in [4.78, 5) is 96.4. The first-order valence-corrected chi connectivity index (χ1v) is 23.5. The van der Waals surface area contributed by atoms with Crippen LogP contribution in [-0.2, 0) is 30.1 Å². The molecule has 6 aromatic rings. The number of nitro benzene ring substituents is 1. The highest BCUT2D eigenvalue weighted by Gasteiger charge is 2.37. The summed E-state index contributed by atoms with van der Waals surface area (Å²) in [7, 11) is 0. The Bertz CT molecular complexity index is 3200. The van der Waals surface area contributed by atoms with Crippen LogP contribution in [-0.4, -0.2) is 84.6 Å². The average Bonchev–Trinajstić information content (AvgIpc) is 3.82. The van der Waals surface area contributed by atoms with Crippen molar-refractivity contribution in [3.8, 4) is 6.07 Å². The normalized spacial score (nSPS) is 12.3. The van der Waals surface area contributed by atoms with Crippen molar-refractivity contribution in [2.24, 2.45) is 11.7 Å². The summed E-state index contributed by atoms with van der Waals surface area (Å²) in [6, 6.07) is 29.8. The number of halogens is 5. The summed E-state index contributed by atoms with van der Waals surface area (Å²) < 4.78 is 62.7. The first-order valence-electron chi connectivity index (χ1n) is 23.5. The molecule has 79 heavy (non-hydrogen) atoms. The van der Waals surface area contributed by atoms with Crippen molar-refractivity contribution in [3.05, 3.63) is 159 Å². The first-order chi connectivity index (χ1) is 37.2. The number of nitrogens with two attached hydrogens (primary N) is 1. The van der Waals surface area contributed by atoms with E-state index in [1.54, 1.807) is 12.1 Å². The number of carbonyl (C=O) groups is 8. The standard InChI is InChI=1S/C15H10O2.C12H10F3NO3.C10H10N2O4.C10H17NO2.C7H3F2NO4/c16-15(17)13-7-3-6-12-8-10-4-1-2-5-11(10)9-14(12)13;13-12(14,15)8-2-1-3-9(5-8)16-6-7(11(18)19)4-10(16)17;11-8(13)5-9(14)12-7-3-1-6(2-4-7)10(15)16;11-9-7-5-3-1-2-4-6-8-10(12)13;8-4-1-3(7(11)12)6(10(13)14)2-5(4)9/h1-9H,(H,16,17);1-3,5,7H,4,6H2,(H,18,19);1-4H,5H2,(H2,11,13)(H,12,14)(H,15,16);1-8H2,(H,12,13);1-2H,(H,11,12). The summed E-state index contributed by atoms with van der Waals surface area (Å²) in [5.41, 5.74) is 3.07. The Morgan fingerprint density at radius 3 is 1.81 bits per heavy atom. The lowest BCUT2D eigenvalue weighted by atomic mass is 10.00. The number of carbonyl (C=O) groups excluding carboxylic acids is 3. The first kappa shape index (κ1) is 63.4. The number of alkyl halides is 3. The van der Waals surface area contributed by atoms with Gasteiger partial charge in [0, 0.05) is 37.2 Å². The lowest BCUT2D eigenvalue weighted by Crippen LogP contribution is -2.26. The predicted octanol–water partition coefficient (Wildman–Crippen LogP) is 10.3. The minimum Gasteiger partial charge on any atom is -0.481 e. The van der Waals surface area contributed by atoms with E-state index < -0.39 is 99.5 Å². The van der Waals surface area contributed by atoms with Crippen LogP contribution in [0.25, 0.3) is 21.5 Å². The number of amides is 3. The number of primary amides is 1. The largest absolute Gasteiger partial charge is 0.481 e. The molecule has 0 aromatic heterocycles. The molecule has 25 heteroatoms. The highest BCUT2D eigenvalue weighted by atomic mass is 19.4. The van der Waals surface area contributed by atoms with E-state index in [0.29, 0.717) is 17.7 Å². The highest BCUT2D eigenvalue weighted by molar-refractivity contribution is 6.08. The van der Waals surface area contributed by atoms with Gasteiger partial charge in [0.05, 0.1) is 39.7 Å². The highest BCUT2D eigenvalue weighted by Crippen LogP contribution is 2.34. The molecule has 1 aliphatic rings. The Morgan fingerprint density at radius 1 is 0.709 bits per heavy atom. The van der Waals surface area contributed by atoms with E-state index in [9.17, 15) is 70.4 Å². The van der Waals surface area contributed by atoms with Crippen LogP contribution in [0.2, 0.25) is 0 Å². The number of carboxylic acid groups (broad SMARTS) is 5. The number of nitrogens with one attached hydrogen (secondary N) is 1. The van der Waals surface area contributed by atoms with Crippen LogP contribution in [0.3, 0.4) is 0 Å². The van der Waals surface area contributed by atoms with Gasteiger partial charge in [-0.3, -0.25) is 34.1 Å². The summed E-state index contributed by atoms with van der Waals surface area (Å²) >= 11 is 0. The third-order valence-corrected chi connectivity index (χ3v) is 11.1. The number of rotatable bonds is 17. The quantitative estimate of drug-likeness (QED) is 0.0111. The number of carboxylic acids is 5. The van der Waals surface area contributed by atoms with E-state index in [1.807, 2.05) is 42.5 Å². The lowest BCUT2D eigenvalue weighted by Gasteiger charge is -2.17. The van der Waals surface area contributed by atoms with Crippen LogP contribution < -0.4 is 16.0 Å². The maximum atomic E-state index is 12.6. The fourth-order valence-corrected chi connectivity index (χ4v) is 7.23. The molecule has 8 N–H and O–H groups in total. The molecule has 416 valence electrons. The number of nitriles is 1. The van der Waals surface area contributed by atoms with Gasteiger partial charge in [0.25, 0.3) is 5.69 Å². The maximum absolute atomic E-state index is 12.6. The van der Waals surface area contributed by atoms with Crippen LogP contribution in [0.1, 0.15) is 101 Å². The van der Waals surface area contributed by atoms with Crippen LogP contribution in [0.4, 0.5) is 39.0 Å². The van der Waals surface area contributed by atoms with Crippen LogP contribution >= 0.6 is 0 Å². The van der Waals surface area contributed by atoms with E-state index >= 15 is 0 Å². The Labute approximate surface area is 445 Å². The zero-order chi connectivity index (χ0) is 59.0. The van der Waals surface area contributed by atoms with Crippen molar-refractivity contribution in [2.75, 3.05) is 16.8 Å². The molecule has 0 spiro atoms. The van der Waals surface area contributed by atoms with Crippen molar-refractivity contribution < 1.29 is 90.8 Å². The lowest BCUT2D eigenvalue weighted by molar-refractivity contribution is -0.385. The van der Waals surface area contributed by atoms with E-state index in [2.05, 4.69) is 11.4 Å². The molecule has 0 aliphatic carbocycles. The Morgan fingerprint density at radius 2 is 1.28 bits per heavy atom. The van der Waals surface area contributed by atoms with Crippen molar-refractivity contribution in [3.63, 3.8) is 0 Å². The van der Waals surface area contributed by atoms with Crippen molar-refractivity contribution in [2.45, 2.75) is 70.4 Å².